The molecule has 3 atom stereocenters. The number of carbonyl (C=O) groups excluding carboxylic acids is 2. The van der Waals surface area contributed by atoms with E-state index in [-0.39, 0.29) is 18.6 Å². The van der Waals surface area contributed by atoms with Crippen LogP contribution >= 0.6 is 0 Å². The molecule has 0 spiro atoms. The van der Waals surface area contributed by atoms with E-state index in [0.29, 0.717) is 5.92 Å². The van der Waals surface area contributed by atoms with Gasteiger partial charge in [-0.2, -0.15) is 0 Å². The highest BCUT2D eigenvalue weighted by Crippen LogP contribution is 2.19. The van der Waals surface area contributed by atoms with Gasteiger partial charge < -0.3 is 15.4 Å². The summed E-state index contributed by atoms with van der Waals surface area (Å²) in [6.07, 6.45) is 1.72. The largest absolute Gasteiger partial charge is 0.459 e. The smallest absolute Gasteiger partial charge is 0.328 e. The number of hydrogen-bond donors (Lipinski definition) is 2. The molecule has 2 aromatic carbocycles. The fraction of sp³-hybridized carbons (Fsp3) is 0.364. The van der Waals surface area contributed by atoms with Gasteiger partial charge >= 0.3 is 5.97 Å². The van der Waals surface area contributed by atoms with Crippen molar-refractivity contribution in [2.75, 3.05) is 6.54 Å². The van der Waals surface area contributed by atoms with Gasteiger partial charge in [-0.1, -0.05) is 60.7 Å². The maximum absolute atomic E-state index is 12.5. The monoisotopic (exact) mass is 366 g/mol. The van der Waals surface area contributed by atoms with Crippen LogP contribution in [0.4, 0.5) is 0 Å². The third kappa shape index (κ3) is 5.66. The molecule has 1 aliphatic rings. The fourth-order valence-electron chi connectivity index (χ4n) is 3.34. The first-order valence-corrected chi connectivity index (χ1v) is 9.40. The molecule has 5 heteroatoms. The normalized spacial score (nSPS) is 20.0. The van der Waals surface area contributed by atoms with E-state index in [0.717, 1.165) is 24.9 Å². The molecule has 1 fully saturated rings. The summed E-state index contributed by atoms with van der Waals surface area (Å²) in [6, 6.07) is 18.8. The predicted octanol–water partition coefficient (Wildman–Crippen LogP) is 2.46. The molecule has 5 nitrogen and oxygen atoms in total. The fourth-order valence-corrected chi connectivity index (χ4v) is 3.34. The molecule has 1 amide bonds. The molecule has 0 saturated carbocycles. The highest BCUT2D eigenvalue weighted by molar-refractivity contribution is 5.87. The van der Waals surface area contributed by atoms with Gasteiger partial charge in [-0.25, -0.2) is 4.79 Å². The Morgan fingerprint density at radius 1 is 1.07 bits per heavy atom. The van der Waals surface area contributed by atoms with Crippen LogP contribution in [0.3, 0.4) is 0 Å². The second kappa shape index (κ2) is 9.33. The first-order chi connectivity index (χ1) is 13.1. The predicted molar refractivity (Wildman–Crippen MR) is 104 cm³/mol. The number of nitrogens with one attached hydrogen (secondary N) is 2. The average molecular weight is 366 g/mol. The summed E-state index contributed by atoms with van der Waals surface area (Å²) in [4.78, 5) is 24.6. The van der Waals surface area contributed by atoms with Crippen LogP contribution in [-0.4, -0.2) is 30.5 Å². The molecule has 1 aliphatic heterocycles. The van der Waals surface area contributed by atoms with Gasteiger partial charge in [0.25, 0.3) is 0 Å². The van der Waals surface area contributed by atoms with Crippen LogP contribution in [0, 0.1) is 5.92 Å². The Morgan fingerprint density at radius 2 is 1.70 bits per heavy atom. The topological polar surface area (TPSA) is 67.4 Å². The first kappa shape index (κ1) is 19.1. The van der Waals surface area contributed by atoms with E-state index < -0.39 is 12.0 Å². The van der Waals surface area contributed by atoms with Crippen molar-refractivity contribution >= 4 is 11.9 Å². The lowest BCUT2D eigenvalue weighted by Gasteiger charge is -2.16. The Kier molecular flexibility index (Phi) is 6.60. The van der Waals surface area contributed by atoms with Crippen molar-refractivity contribution in [3.63, 3.8) is 0 Å². The Hall–Kier alpha value is -2.66. The van der Waals surface area contributed by atoms with Gasteiger partial charge in [-0.05, 0) is 43.4 Å². The number of carbonyl (C=O) groups is 2. The van der Waals surface area contributed by atoms with Crippen LogP contribution < -0.4 is 10.6 Å². The van der Waals surface area contributed by atoms with E-state index in [9.17, 15) is 9.59 Å². The van der Waals surface area contributed by atoms with E-state index in [1.165, 1.54) is 5.56 Å². The molecule has 142 valence electrons. The van der Waals surface area contributed by atoms with Gasteiger partial charge in [0.05, 0.1) is 6.04 Å². The molecule has 0 bridgehead atoms. The minimum atomic E-state index is -0.670. The van der Waals surface area contributed by atoms with Gasteiger partial charge in [0.15, 0.2) is 0 Å². The van der Waals surface area contributed by atoms with Gasteiger partial charge in [-0.3, -0.25) is 4.79 Å². The quantitative estimate of drug-likeness (QED) is 0.739. The third-order valence-electron chi connectivity index (χ3n) is 4.84. The van der Waals surface area contributed by atoms with Crippen molar-refractivity contribution < 1.29 is 14.3 Å². The van der Waals surface area contributed by atoms with Crippen LogP contribution in [0.15, 0.2) is 60.7 Å². The van der Waals surface area contributed by atoms with Gasteiger partial charge in [-0.15, -0.1) is 0 Å². The zero-order valence-electron chi connectivity index (χ0n) is 15.6. The molecular formula is C22H26N2O3. The summed E-state index contributed by atoms with van der Waals surface area (Å²) in [5.74, 6) is -0.149. The van der Waals surface area contributed by atoms with Crippen molar-refractivity contribution in [1.29, 1.82) is 0 Å². The van der Waals surface area contributed by atoms with Crippen molar-refractivity contribution in [2.24, 2.45) is 5.92 Å². The molecule has 1 saturated heterocycles. The summed E-state index contributed by atoms with van der Waals surface area (Å²) < 4.78 is 5.28. The van der Waals surface area contributed by atoms with Crippen molar-refractivity contribution in [1.82, 2.24) is 10.6 Å². The van der Waals surface area contributed by atoms with E-state index in [1.54, 1.807) is 6.92 Å². The first-order valence-electron chi connectivity index (χ1n) is 9.40. The zero-order valence-corrected chi connectivity index (χ0v) is 15.6. The Morgan fingerprint density at radius 3 is 2.37 bits per heavy atom. The number of amides is 1. The lowest BCUT2D eigenvalue weighted by molar-refractivity contribution is -0.148. The molecule has 0 aromatic heterocycles. The summed E-state index contributed by atoms with van der Waals surface area (Å²) in [5.41, 5.74) is 2.20. The maximum Gasteiger partial charge on any atom is 0.328 e. The Balaban J connectivity index is 1.42. The van der Waals surface area contributed by atoms with Crippen molar-refractivity contribution in [3.8, 4) is 0 Å². The molecule has 0 radical (unpaired) electrons. The van der Waals surface area contributed by atoms with Crippen LogP contribution in [0.1, 0.15) is 24.5 Å². The highest BCUT2D eigenvalue weighted by Gasteiger charge is 2.31. The minimum absolute atomic E-state index is 0.144. The van der Waals surface area contributed by atoms with Crippen molar-refractivity contribution in [2.45, 2.75) is 38.5 Å². The Bertz CT molecular complexity index is 749. The number of rotatable bonds is 7. The lowest BCUT2D eigenvalue weighted by Crippen LogP contribution is -2.47. The summed E-state index contributed by atoms with van der Waals surface area (Å²) in [6.45, 7) is 2.67. The molecule has 1 heterocycles. The number of ether oxygens (including phenoxy) is 1. The summed E-state index contributed by atoms with van der Waals surface area (Å²) in [7, 11) is 0. The van der Waals surface area contributed by atoms with E-state index in [2.05, 4.69) is 22.8 Å². The third-order valence-corrected chi connectivity index (χ3v) is 4.84. The number of benzene rings is 2. The Labute approximate surface area is 160 Å². The van der Waals surface area contributed by atoms with E-state index >= 15 is 0 Å². The minimum Gasteiger partial charge on any atom is -0.459 e. The summed E-state index contributed by atoms with van der Waals surface area (Å²) in [5, 5.41) is 6.03. The van der Waals surface area contributed by atoms with Crippen molar-refractivity contribution in [3.05, 3.63) is 71.8 Å². The van der Waals surface area contributed by atoms with Gasteiger partial charge in [0.2, 0.25) is 5.91 Å². The summed E-state index contributed by atoms with van der Waals surface area (Å²) >= 11 is 0. The molecule has 27 heavy (non-hydrogen) atoms. The lowest BCUT2D eigenvalue weighted by atomic mass is 9.96. The second-order valence-electron chi connectivity index (χ2n) is 7.08. The van der Waals surface area contributed by atoms with Crippen LogP contribution in [0.5, 0.6) is 0 Å². The van der Waals surface area contributed by atoms with E-state index in [1.807, 2.05) is 48.5 Å². The van der Waals surface area contributed by atoms with Crippen LogP contribution in [-0.2, 0) is 27.4 Å². The van der Waals surface area contributed by atoms with Crippen LogP contribution in [0.2, 0.25) is 0 Å². The molecule has 0 unspecified atom stereocenters. The van der Waals surface area contributed by atoms with E-state index in [4.69, 9.17) is 4.74 Å². The molecule has 2 N–H and O–H groups in total. The second-order valence-corrected chi connectivity index (χ2v) is 7.08. The molecule has 3 rings (SSSR count). The van der Waals surface area contributed by atoms with Gasteiger partial charge in [0.1, 0.15) is 12.6 Å². The standard InChI is InChI=1S/C22H26N2O3/c1-16(22(26)27-15-18-10-6-3-7-11-18)24-21(25)20-13-19(14-23-20)12-17-8-4-2-5-9-17/h2-11,16,19-20,23H,12-15H2,1H3,(H,24,25)/t16-,19-,20+/m0/s1. The number of hydrogen-bond acceptors (Lipinski definition) is 4. The molecule has 0 aliphatic carbocycles. The zero-order chi connectivity index (χ0) is 19.1. The maximum atomic E-state index is 12.5. The molecule has 2 aromatic rings. The average Bonchev–Trinajstić information content (AvgIpc) is 3.16. The molecular weight excluding hydrogens is 340 g/mol. The van der Waals surface area contributed by atoms with Gasteiger partial charge in [0, 0.05) is 0 Å². The number of esters is 1. The SMILES string of the molecule is C[C@H](NC(=O)[C@H]1C[C@H](Cc2ccccc2)CN1)C(=O)OCc1ccccc1. The van der Waals surface area contributed by atoms with Crippen LogP contribution in [0.25, 0.3) is 0 Å². The highest BCUT2D eigenvalue weighted by atomic mass is 16.5.